The van der Waals surface area contributed by atoms with Gasteiger partial charge in [0.05, 0.1) is 6.61 Å². The molecule has 0 aliphatic rings. The van der Waals surface area contributed by atoms with Gasteiger partial charge in [-0.25, -0.2) is 0 Å². The fourth-order valence-corrected chi connectivity index (χ4v) is 1.86. The summed E-state index contributed by atoms with van der Waals surface area (Å²) in [5.41, 5.74) is 1.10. The van der Waals surface area contributed by atoms with E-state index < -0.39 is 0 Å². The zero-order valence-electron chi connectivity index (χ0n) is 10.8. The fourth-order valence-electron chi connectivity index (χ4n) is 1.86. The van der Waals surface area contributed by atoms with E-state index >= 15 is 0 Å². The first-order valence-corrected chi connectivity index (χ1v) is 6.70. The van der Waals surface area contributed by atoms with Gasteiger partial charge in [0.2, 0.25) is 0 Å². The van der Waals surface area contributed by atoms with Crippen molar-refractivity contribution in [3.8, 4) is 5.75 Å². The maximum atomic E-state index is 8.96. The Balaban J connectivity index is 2.25. The smallest absolute Gasteiger partial charge is 0.122 e. The van der Waals surface area contributed by atoms with Crippen LogP contribution in [-0.4, -0.2) is 18.3 Å². The summed E-state index contributed by atoms with van der Waals surface area (Å²) in [7, 11) is 0. The van der Waals surface area contributed by atoms with Crippen molar-refractivity contribution in [2.75, 3.05) is 13.2 Å². The van der Waals surface area contributed by atoms with E-state index in [1.807, 2.05) is 24.3 Å². The number of hydrogen-bond acceptors (Lipinski definition) is 2. The third-order valence-corrected chi connectivity index (χ3v) is 2.86. The van der Waals surface area contributed by atoms with Crippen LogP contribution in [0.4, 0.5) is 0 Å². The van der Waals surface area contributed by atoms with E-state index in [0.29, 0.717) is 6.42 Å². The van der Waals surface area contributed by atoms with Crippen LogP contribution >= 0.6 is 0 Å². The molecule has 1 rings (SSSR count). The number of para-hydroxylation sites is 1. The van der Waals surface area contributed by atoms with Gasteiger partial charge in [0, 0.05) is 6.61 Å². The van der Waals surface area contributed by atoms with E-state index in [9.17, 15) is 0 Å². The monoisotopic (exact) mass is 236 g/mol. The molecule has 0 radical (unpaired) electrons. The van der Waals surface area contributed by atoms with Gasteiger partial charge in [-0.15, -0.1) is 0 Å². The maximum absolute atomic E-state index is 8.96. The highest BCUT2D eigenvalue weighted by molar-refractivity contribution is 5.33. The quantitative estimate of drug-likeness (QED) is 0.664. The average molecular weight is 236 g/mol. The molecule has 1 aromatic carbocycles. The number of aliphatic hydroxyl groups is 1. The lowest BCUT2D eigenvalue weighted by atomic mass is 10.1. The highest BCUT2D eigenvalue weighted by Crippen LogP contribution is 2.18. The number of benzene rings is 1. The Morgan fingerprint density at radius 1 is 1.06 bits per heavy atom. The van der Waals surface area contributed by atoms with Crippen LogP contribution in [0.25, 0.3) is 0 Å². The molecule has 1 aromatic rings. The van der Waals surface area contributed by atoms with Crippen LogP contribution in [0.3, 0.4) is 0 Å². The van der Waals surface area contributed by atoms with E-state index in [0.717, 1.165) is 24.3 Å². The van der Waals surface area contributed by atoms with Crippen LogP contribution < -0.4 is 4.74 Å². The lowest BCUT2D eigenvalue weighted by Gasteiger charge is -2.10. The van der Waals surface area contributed by atoms with Crippen molar-refractivity contribution < 1.29 is 9.84 Å². The Hall–Kier alpha value is -1.02. The van der Waals surface area contributed by atoms with Gasteiger partial charge >= 0.3 is 0 Å². The van der Waals surface area contributed by atoms with E-state index in [1.54, 1.807) is 0 Å². The van der Waals surface area contributed by atoms with Crippen molar-refractivity contribution in [1.29, 1.82) is 0 Å². The summed E-state index contributed by atoms with van der Waals surface area (Å²) < 4.78 is 5.76. The van der Waals surface area contributed by atoms with Crippen LogP contribution in [0.5, 0.6) is 5.75 Å². The van der Waals surface area contributed by atoms with E-state index in [2.05, 4.69) is 6.92 Å². The van der Waals surface area contributed by atoms with Crippen molar-refractivity contribution >= 4 is 0 Å². The summed E-state index contributed by atoms with van der Waals surface area (Å²) in [4.78, 5) is 0. The summed E-state index contributed by atoms with van der Waals surface area (Å²) in [6.07, 6.45) is 6.94. The van der Waals surface area contributed by atoms with Gasteiger partial charge in [-0.3, -0.25) is 0 Å². The highest BCUT2D eigenvalue weighted by atomic mass is 16.5. The third-order valence-electron chi connectivity index (χ3n) is 2.86. The van der Waals surface area contributed by atoms with Crippen LogP contribution in [0, 0.1) is 0 Å². The highest BCUT2D eigenvalue weighted by Gasteiger charge is 2.01. The molecule has 0 amide bonds. The van der Waals surface area contributed by atoms with Gasteiger partial charge < -0.3 is 9.84 Å². The van der Waals surface area contributed by atoms with Crippen LogP contribution in [0.15, 0.2) is 24.3 Å². The average Bonchev–Trinajstić information content (AvgIpc) is 2.36. The second-order valence-electron chi connectivity index (χ2n) is 4.34. The molecule has 0 aliphatic heterocycles. The zero-order chi connectivity index (χ0) is 12.3. The summed E-state index contributed by atoms with van der Waals surface area (Å²) >= 11 is 0. The molecule has 0 saturated heterocycles. The second-order valence-corrected chi connectivity index (χ2v) is 4.34. The van der Waals surface area contributed by atoms with Gasteiger partial charge in [-0.1, -0.05) is 50.8 Å². The molecular weight excluding hydrogens is 212 g/mol. The predicted octanol–water partition coefficient (Wildman–Crippen LogP) is 3.57. The van der Waals surface area contributed by atoms with E-state index in [1.165, 1.54) is 25.7 Å². The van der Waals surface area contributed by atoms with Gasteiger partial charge in [-0.2, -0.15) is 0 Å². The van der Waals surface area contributed by atoms with Gasteiger partial charge in [0.25, 0.3) is 0 Å². The topological polar surface area (TPSA) is 29.5 Å². The minimum atomic E-state index is 0.177. The molecule has 2 nitrogen and oxygen atoms in total. The molecule has 96 valence electrons. The molecule has 0 aromatic heterocycles. The molecule has 0 saturated carbocycles. The summed E-state index contributed by atoms with van der Waals surface area (Å²) in [5, 5.41) is 8.96. The maximum Gasteiger partial charge on any atom is 0.122 e. The first-order chi connectivity index (χ1) is 8.38. The lowest BCUT2D eigenvalue weighted by Crippen LogP contribution is -2.01. The van der Waals surface area contributed by atoms with Crippen LogP contribution in [-0.2, 0) is 6.42 Å². The van der Waals surface area contributed by atoms with Gasteiger partial charge in [0.1, 0.15) is 5.75 Å². The van der Waals surface area contributed by atoms with E-state index in [-0.39, 0.29) is 6.61 Å². The number of ether oxygens (including phenoxy) is 1. The van der Waals surface area contributed by atoms with Crippen LogP contribution in [0.1, 0.15) is 44.6 Å². The van der Waals surface area contributed by atoms with Crippen molar-refractivity contribution in [2.24, 2.45) is 0 Å². The van der Waals surface area contributed by atoms with Gasteiger partial charge in [-0.05, 0) is 24.5 Å². The van der Waals surface area contributed by atoms with Crippen molar-refractivity contribution in [3.05, 3.63) is 29.8 Å². The minimum Gasteiger partial charge on any atom is -0.493 e. The molecule has 0 bridgehead atoms. The number of rotatable bonds is 9. The second kappa shape index (κ2) is 9.06. The predicted molar refractivity (Wildman–Crippen MR) is 71.5 cm³/mol. The third kappa shape index (κ3) is 5.73. The molecule has 0 atom stereocenters. The van der Waals surface area contributed by atoms with Crippen molar-refractivity contribution in [2.45, 2.75) is 45.4 Å². The Labute approximate surface area is 105 Å². The molecule has 0 heterocycles. The lowest BCUT2D eigenvalue weighted by molar-refractivity contribution is 0.284. The van der Waals surface area contributed by atoms with Crippen molar-refractivity contribution in [3.63, 3.8) is 0 Å². The summed E-state index contributed by atoms with van der Waals surface area (Å²) in [5.74, 6) is 0.928. The molecule has 1 N–H and O–H groups in total. The zero-order valence-corrected chi connectivity index (χ0v) is 10.8. The standard InChI is InChI=1S/C15H24O2/c1-2-3-4-5-8-13-17-15-10-7-6-9-14(15)11-12-16/h6-7,9-10,16H,2-5,8,11-13H2,1H3. The number of unbranched alkanes of at least 4 members (excludes halogenated alkanes) is 4. The van der Waals surface area contributed by atoms with Crippen molar-refractivity contribution in [1.82, 2.24) is 0 Å². The Kier molecular flexibility index (Phi) is 7.48. The molecule has 0 spiro atoms. The number of hydrogen-bond donors (Lipinski definition) is 1. The summed E-state index contributed by atoms with van der Waals surface area (Å²) in [6.45, 7) is 3.19. The molecular formula is C15H24O2. The summed E-state index contributed by atoms with van der Waals surface area (Å²) in [6, 6.07) is 7.96. The molecule has 0 aliphatic carbocycles. The largest absolute Gasteiger partial charge is 0.493 e. The first-order valence-electron chi connectivity index (χ1n) is 6.70. The molecule has 17 heavy (non-hydrogen) atoms. The fraction of sp³-hybridized carbons (Fsp3) is 0.600. The van der Waals surface area contributed by atoms with Crippen LogP contribution in [0.2, 0.25) is 0 Å². The SMILES string of the molecule is CCCCCCCOc1ccccc1CCO. The normalized spacial score (nSPS) is 10.5. The molecule has 0 fully saturated rings. The Morgan fingerprint density at radius 3 is 2.59 bits per heavy atom. The first kappa shape index (κ1) is 14.0. The molecule has 0 unspecified atom stereocenters. The number of aliphatic hydroxyl groups excluding tert-OH is 1. The Morgan fingerprint density at radius 2 is 1.82 bits per heavy atom. The van der Waals surface area contributed by atoms with E-state index in [4.69, 9.17) is 9.84 Å². The van der Waals surface area contributed by atoms with Gasteiger partial charge in [0.15, 0.2) is 0 Å². The minimum absolute atomic E-state index is 0.177. The Bertz CT molecular complexity index is 297. The molecule has 2 heteroatoms.